The molecular formula is C10H21N. The summed E-state index contributed by atoms with van der Waals surface area (Å²) in [6.07, 6.45) is 4.14. The van der Waals surface area contributed by atoms with Crippen molar-refractivity contribution in [3.05, 3.63) is 0 Å². The number of hydrogen-bond donors (Lipinski definition) is 0. The average Bonchev–Trinajstić information content (AvgIpc) is 1.98. The van der Waals surface area contributed by atoms with E-state index in [0.29, 0.717) is 0 Å². The highest BCUT2D eigenvalue weighted by molar-refractivity contribution is 4.76. The van der Waals surface area contributed by atoms with Crippen molar-refractivity contribution in [3.8, 4) is 0 Å². The fourth-order valence-corrected chi connectivity index (χ4v) is 1.98. The fraction of sp³-hybridized carbons (Fsp3) is 1.00. The normalized spacial score (nSPS) is 34.1. The van der Waals surface area contributed by atoms with Crippen LogP contribution in [-0.2, 0) is 0 Å². The number of hydrogen-bond acceptors (Lipinski definition) is 1. The minimum atomic E-state index is 0.839. The zero-order valence-electron chi connectivity index (χ0n) is 8.14. The number of likely N-dealkylation sites (tertiary alicyclic amines) is 1. The molecule has 1 fully saturated rings. The summed E-state index contributed by atoms with van der Waals surface area (Å²) in [4.78, 5) is 2.63. The Bertz CT molecular complexity index is 111. The maximum absolute atomic E-state index is 2.63. The van der Waals surface area contributed by atoms with Gasteiger partial charge >= 0.3 is 0 Å². The van der Waals surface area contributed by atoms with Crippen molar-refractivity contribution >= 4 is 0 Å². The molecule has 1 aliphatic rings. The SMILES string of the molecule is CCCN1CC(C)CCC1C. The molecule has 0 N–H and O–H groups in total. The van der Waals surface area contributed by atoms with Gasteiger partial charge in [0.1, 0.15) is 0 Å². The van der Waals surface area contributed by atoms with Crippen molar-refractivity contribution in [2.75, 3.05) is 13.1 Å². The molecule has 0 spiro atoms. The predicted octanol–water partition coefficient (Wildman–Crippen LogP) is 2.52. The van der Waals surface area contributed by atoms with Crippen LogP contribution in [0.5, 0.6) is 0 Å². The van der Waals surface area contributed by atoms with Gasteiger partial charge in [-0.3, -0.25) is 0 Å². The van der Waals surface area contributed by atoms with E-state index < -0.39 is 0 Å². The second-order valence-electron chi connectivity index (χ2n) is 4.03. The third kappa shape index (κ3) is 2.48. The van der Waals surface area contributed by atoms with E-state index in [-0.39, 0.29) is 0 Å². The van der Waals surface area contributed by atoms with Crippen LogP contribution in [0, 0.1) is 5.92 Å². The summed E-state index contributed by atoms with van der Waals surface area (Å²) in [6, 6.07) is 0.839. The molecule has 1 heteroatoms. The summed E-state index contributed by atoms with van der Waals surface area (Å²) in [5, 5.41) is 0. The van der Waals surface area contributed by atoms with Gasteiger partial charge in [-0.2, -0.15) is 0 Å². The first-order valence-electron chi connectivity index (χ1n) is 4.98. The second kappa shape index (κ2) is 4.10. The maximum atomic E-state index is 2.63. The first-order valence-corrected chi connectivity index (χ1v) is 4.98. The molecule has 2 unspecified atom stereocenters. The lowest BCUT2D eigenvalue weighted by Crippen LogP contribution is -2.41. The lowest BCUT2D eigenvalue weighted by Gasteiger charge is -2.36. The Morgan fingerprint density at radius 2 is 2.00 bits per heavy atom. The molecule has 0 amide bonds. The van der Waals surface area contributed by atoms with Crippen molar-refractivity contribution in [2.24, 2.45) is 5.92 Å². The summed E-state index contributed by atoms with van der Waals surface area (Å²) < 4.78 is 0. The fourth-order valence-electron chi connectivity index (χ4n) is 1.98. The standard InChI is InChI=1S/C10H21N/c1-4-7-11-8-9(2)5-6-10(11)3/h9-10H,4-8H2,1-3H3. The maximum Gasteiger partial charge on any atom is 0.00671 e. The summed E-state index contributed by atoms with van der Waals surface area (Å²) in [5.74, 6) is 0.928. The molecular weight excluding hydrogens is 134 g/mol. The van der Waals surface area contributed by atoms with E-state index in [0.717, 1.165) is 12.0 Å². The third-order valence-corrected chi connectivity index (χ3v) is 2.76. The van der Waals surface area contributed by atoms with Gasteiger partial charge in [-0.05, 0) is 38.6 Å². The van der Waals surface area contributed by atoms with Crippen LogP contribution in [0.3, 0.4) is 0 Å². The molecule has 0 aromatic heterocycles. The molecule has 0 aliphatic carbocycles. The van der Waals surface area contributed by atoms with Gasteiger partial charge in [0.2, 0.25) is 0 Å². The summed E-state index contributed by atoms with van der Waals surface area (Å²) in [5.41, 5.74) is 0. The van der Waals surface area contributed by atoms with E-state index in [9.17, 15) is 0 Å². The van der Waals surface area contributed by atoms with E-state index in [2.05, 4.69) is 25.7 Å². The molecule has 0 aromatic carbocycles. The summed E-state index contributed by atoms with van der Waals surface area (Å²) in [7, 11) is 0. The average molecular weight is 155 g/mol. The van der Waals surface area contributed by atoms with Crippen molar-refractivity contribution in [2.45, 2.75) is 46.1 Å². The van der Waals surface area contributed by atoms with Gasteiger partial charge in [-0.1, -0.05) is 13.8 Å². The van der Waals surface area contributed by atoms with Gasteiger partial charge in [0, 0.05) is 12.6 Å². The quantitative estimate of drug-likeness (QED) is 0.592. The van der Waals surface area contributed by atoms with Crippen LogP contribution in [0.25, 0.3) is 0 Å². The molecule has 0 saturated carbocycles. The zero-order chi connectivity index (χ0) is 8.27. The van der Waals surface area contributed by atoms with Crippen molar-refractivity contribution in [3.63, 3.8) is 0 Å². The topological polar surface area (TPSA) is 3.24 Å². The molecule has 0 radical (unpaired) electrons. The Morgan fingerprint density at radius 3 is 2.64 bits per heavy atom. The van der Waals surface area contributed by atoms with E-state index in [1.54, 1.807) is 0 Å². The molecule has 1 saturated heterocycles. The van der Waals surface area contributed by atoms with E-state index >= 15 is 0 Å². The summed E-state index contributed by atoms with van der Waals surface area (Å²) in [6.45, 7) is 9.63. The first-order chi connectivity index (χ1) is 5.24. The van der Waals surface area contributed by atoms with Crippen LogP contribution in [-0.4, -0.2) is 24.0 Å². The molecule has 1 nitrogen and oxygen atoms in total. The minimum Gasteiger partial charge on any atom is -0.300 e. The van der Waals surface area contributed by atoms with Gasteiger partial charge in [0.15, 0.2) is 0 Å². The molecule has 66 valence electrons. The van der Waals surface area contributed by atoms with Crippen molar-refractivity contribution in [1.29, 1.82) is 0 Å². The van der Waals surface area contributed by atoms with Crippen molar-refractivity contribution in [1.82, 2.24) is 4.90 Å². The zero-order valence-corrected chi connectivity index (χ0v) is 8.14. The second-order valence-corrected chi connectivity index (χ2v) is 4.03. The molecule has 11 heavy (non-hydrogen) atoms. The Morgan fingerprint density at radius 1 is 1.27 bits per heavy atom. The van der Waals surface area contributed by atoms with Crippen LogP contribution in [0.15, 0.2) is 0 Å². The largest absolute Gasteiger partial charge is 0.300 e. The van der Waals surface area contributed by atoms with E-state index in [4.69, 9.17) is 0 Å². The number of rotatable bonds is 2. The highest BCUT2D eigenvalue weighted by atomic mass is 15.2. The minimum absolute atomic E-state index is 0.839. The smallest absolute Gasteiger partial charge is 0.00671 e. The van der Waals surface area contributed by atoms with Crippen LogP contribution >= 0.6 is 0 Å². The molecule has 0 bridgehead atoms. The highest BCUT2D eigenvalue weighted by Gasteiger charge is 2.21. The van der Waals surface area contributed by atoms with Gasteiger partial charge in [0.25, 0.3) is 0 Å². The molecule has 1 heterocycles. The van der Waals surface area contributed by atoms with Crippen LogP contribution in [0.2, 0.25) is 0 Å². The lowest BCUT2D eigenvalue weighted by atomic mass is 9.95. The Hall–Kier alpha value is -0.0400. The van der Waals surface area contributed by atoms with Crippen LogP contribution in [0.1, 0.15) is 40.0 Å². The van der Waals surface area contributed by atoms with Gasteiger partial charge in [0.05, 0.1) is 0 Å². The lowest BCUT2D eigenvalue weighted by molar-refractivity contribution is 0.125. The molecule has 1 rings (SSSR count). The third-order valence-electron chi connectivity index (χ3n) is 2.76. The predicted molar refractivity (Wildman–Crippen MR) is 49.7 cm³/mol. The van der Waals surface area contributed by atoms with Crippen molar-refractivity contribution < 1.29 is 0 Å². The number of nitrogens with zero attached hydrogens (tertiary/aromatic N) is 1. The van der Waals surface area contributed by atoms with E-state index in [1.165, 1.54) is 32.4 Å². The first kappa shape index (κ1) is 9.05. The Kier molecular flexibility index (Phi) is 3.38. The number of piperidine rings is 1. The monoisotopic (exact) mass is 155 g/mol. The summed E-state index contributed by atoms with van der Waals surface area (Å²) >= 11 is 0. The van der Waals surface area contributed by atoms with Gasteiger partial charge < -0.3 is 4.90 Å². The Labute approximate surface area is 70.8 Å². The molecule has 0 aromatic rings. The van der Waals surface area contributed by atoms with Gasteiger partial charge in [-0.15, -0.1) is 0 Å². The van der Waals surface area contributed by atoms with Crippen LogP contribution < -0.4 is 0 Å². The highest BCUT2D eigenvalue weighted by Crippen LogP contribution is 2.20. The Balaban J connectivity index is 2.34. The van der Waals surface area contributed by atoms with Gasteiger partial charge in [-0.25, -0.2) is 0 Å². The van der Waals surface area contributed by atoms with E-state index in [1.807, 2.05) is 0 Å². The molecule has 1 aliphatic heterocycles. The molecule has 2 atom stereocenters. The van der Waals surface area contributed by atoms with Crippen LogP contribution in [0.4, 0.5) is 0 Å².